The first-order chi connectivity index (χ1) is 14.3. The number of aliphatic hydroxyl groups excluding tert-OH is 1. The highest BCUT2D eigenvalue weighted by Gasteiger charge is 2.19. The Bertz CT molecular complexity index is 935. The van der Waals surface area contributed by atoms with Gasteiger partial charge in [0.2, 0.25) is 0 Å². The third-order valence-corrected chi connectivity index (χ3v) is 5.56. The van der Waals surface area contributed by atoms with Crippen molar-refractivity contribution in [1.29, 1.82) is 0 Å². The fourth-order valence-electron chi connectivity index (χ4n) is 3.82. The highest BCUT2D eigenvalue weighted by Crippen LogP contribution is 2.31. The van der Waals surface area contributed by atoms with Crippen molar-refractivity contribution in [2.75, 3.05) is 50.8 Å². The Morgan fingerprint density at radius 3 is 2.48 bits per heavy atom. The molecule has 1 aromatic heterocycles. The van der Waals surface area contributed by atoms with Crippen molar-refractivity contribution < 1.29 is 9.84 Å². The van der Waals surface area contributed by atoms with Crippen LogP contribution in [0.25, 0.3) is 22.0 Å². The smallest absolute Gasteiger partial charge is 0.137 e. The summed E-state index contributed by atoms with van der Waals surface area (Å²) in [7, 11) is 0. The number of anilines is 1. The van der Waals surface area contributed by atoms with E-state index in [1.807, 2.05) is 12.1 Å². The summed E-state index contributed by atoms with van der Waals surface area (Å²) < 4.78 is 5.65. The van der Waals surface area contributed by atoms with Crippen LogP contribution in [0.15, 0.2) is 54.6 Å². The minimum atomic E-state index is 0.147. The number of likely N-dealkylation sites (N-methyl/N-ethyl adjacent to an activating group) is 1. The number of fused-ring (bicyclic) bond motifs is 1. The molecule has 0 bridgehead atoms. The largest absolute Gasteiger partial charge is 0.494 e. The number of hydrogen-bond donors (Lipinski definition) is 1. The average Bonchev–Trinajstić information content (AvgIpc) is 2.79. The Kier molecular flexibility index (Phi) is 6.27. The van der Waals surface area contributed by atoms with Gasteiger partial charge in [-0.2, -0.15) is 0 Å². The summed E-state index contributed by atoms with van der Waals surface area (Å²) in [6.45, 7) is 8.17. The Morgan fingerprint density at radius 2 is 1.76 bits per heavy atom. The first-order valence-corrected chi connectivity index (χ1v) is 10.5. The summed E-state index contributed by atoms with van der Waals surface area (Å²) in [5, 5.41) is 11.3. The second-order valence-electron chi connectivity index (χ2n) is 7.42. The monoisotopic (exact) mass is 391 g/mol. The summed E-state index contributed by atoms with van der Waals surface area (Å²) in [6.07, 6.45) is 0.642. The van der Waals surface area contributed by atoms with E-state index in [0.29, 0.717) is 13.0 Å². The van der Waals surface area contributed by atoms with Gasteiger partial charge in [0, 0.05) is 50.2 Å². The Labute approximate surface area is 172 Å². The van der Waals surface area contributed by atoms with Crippen LogP contribution in [0.3, 0.4) is 0 Å². The topological polar surface area (TPSA) is 48.8 Å². The van der Waals surface area contributed by atoms with Crippen LogP contribution in [-0.2, 0) is 0 Å². The number of piperazine rings is 1. The molecule has 3 aromatic rings. The van der Waals surface area contributed by atoms with Gasteiger partial charge in [-0.3, -0.25) is 0 Å². The summed E-state index contributed by atoms with van der Waals surface area (Å²) in [5.74, 6) is 1.90. The van der Waals surface area contributed by atoms with Gasteiger partial charge in [0.25, 0.3) is 0 Å². The maximum atomic E-state index is 8.89. The van der Waals surface area contributed by atoms with Crippen LogP contribution in [0.5, 0.6) is 5.75 Å². The molecule has 5 heteroatoms. The van der Waals surface area contributed by atoms with Crippen molar-refractivity contribution in [2.24, 2.45) is 0 Å². The molecule has 0 amide bonds. The van der Waals surface area contributed by atoms with Crippen molar-refractivity contribution in [3.8, 4) is 17.0 Å². The molecular weight excluding hydrogens is 362 g/mol. The predicted octanol–water partition coefficient (Wildman–Crippen LogP) is 3.80. The van der Waals surface area contributed by atoms with E-state index in [1.54, 1.807) is 0 Å². The molecule has 0 saturated carbocycles. The molecule has 1 aliphatic rings. The summed E-state index contributed by atoms with van der Waals surface area (Å²) in [4.78, 5) is 9.99. The quantitative estimate of drug-likeness (QED) is 0.621. The van der Waals surface area contributed by atoms with Gasteiger partial charge in [-0.25, -0.2) is 4.98 Å². The van der Waals surface area contributed by atoms with Crippen molar-refractivity contribution in [3.63, 3.8) is 0 Å². The molecule has 2 heterocycles. The molecule has 0 spiro atoms. The lowest BCUT2D eigenvalue weighted by atomic mass is 10.1. The third kappa shape index (κ3) is 4.52. The number of rotatable bonds is 7. The van der Waals surface area contributed by atoms with Gasteiger partial charge in [-0.05, 0) is 42.3 Å². The van der Waals surface area contributed by atoms with E-state index < -0.39 is 0 Å². The lowest BCUT2D eigenvalue weighted by Crippen LogP contribution is -2.46. The van der Waals surface area contributed by atoms with Crippen LogP contribution in [0.1, 0.15) is 13.3 Å². The lowest BCUT2D eigenvalue weighted by Gasteiger charge is -2.35. The Hall–Kier alpha value is -2.63. The lowest BCUT2D eigenvalue weighted by molar-refractivity contribution is 0.233. The first kappa shape index (κ1) is 19.7. The van der Waals surface area contributed by atoms with Crippen LogP contribution in [0.2, 0.25) is 0 Å². The molecule has 0 unspecified atom stereocenters. The second kappa shape index (κ2) is 9.25. The highest BCUT2D eigenvalue weighted by molar-refractivity contribution is 5.95. The fourth-order valence-corrected chi connectivity index (χ4v) is 3.82. The van der Waals surface area contributed by atoms with E-state index in [1.165, 1.54) is 10.8 Å². The molecule has 1 saturated heterocycles. The van der Waals surface area contributed by atoms with Crippen LogP contribution in [0.4, 0.5) is 5.82 Å². The normalized spacial score (nSPS) is 15.0. The van der Waals surface area contributed by atoms with Gasteiger partial charge >= 0.3 is 0 Å². The Morgan fingerprint density at radius 1 is 1.00 bits per heavy atom. The molecule has 1 aliphatic heterocycles. The van der Waals surface area contributed by atoms with Crippen LogP contribution in [0, 0.1) is 0 Å². The van der Waals surface area contributed by atoms with Crippen LogP contribution < -0.4 is 9.64 Å². The molecule has 0 radical (unpaired) electrons. The number of ether oxygens (including phenoxy) is 1. The van der Waals surface area contributed by atoms with E-state index in [4.69, 9.17) is 14.8 Å². The van der Waals surface area contributed by atoms with Gasteiger partial charge in [0.1, 0.15) is 11.6 Å². The molecule has 5 nitrogen and oxygen atoms in total. The van der Waals surface area contributed by atoms with E-state index in [-0.39, 0.29) is 6.61 Å². The number of benzene rings is 2. The standard InChI is InChI=1S/C24H29N3O2/c1-2-26-12-14-27(15-13-26)24-22-7-4-3-6-20(22)18-23(25-24)19-8-10-21(11-9-19)29-17-5-16-28/h3-4,6-11,18,28H,2,5,12-17H2,1H3. The molecular formula is C24H29N3O2. The zero-order chi connectivity index (χ0) is 20.1. The van der Waals surface area contributed by atoms with E-state index in [0.717, 1.165) is 55.5 Å². The molecule has 0 aliphatic carbocycles. The fraction of sp³-hybridized carbons (Fsp3) is 0.375. The van der Waals surface area contributed by atoms with Crippen LogP contribution in [-0.4, -0.2) is 60.9 Å². The second-order valence-corrected chi connectivity index (χ2v) is 7.42. The predicted molar refractivity (Wildman–Crippen MR) is 119 cm³/mol. The summed E-state index contributed by atoms with van der Waals surface area (Å²) >= 11 is 0. The molecule has 1 fully saturated rings. The molecule has 29 heavy (non-hydrogen) atoms. The SMILES string of the molecule is CCN1CCN(c2nc(-c3ccc(OCCCO)cc3)cc3ccccc23)CC1. The summed E-state index contributed by atoms with van der Waals surface area (Å²) in [5.41, 5.74) is 2.07. The molecule has 152 valence electrons. The van der Waals surface area contributed by atoms with Gasteiger partial charge in [0.05, 0.1) is 12.3 Å². The number of nitrogens with zero attached hydrogens (tertiary/aromatic N) is 3. The summed E-state index contributed by atoms with van der Waals surface area (Å²) in [6, 6.07) is 18.8. The molecule has 0 atom stereocenters. The minimum Gasteiger partial charge on any atom is -0.494 e. The zero-order valence-electron chi connectivity index (χ0n) is 17.1. The van der Waals surface area contributed by atoms with E-state index >= 15 is 0 Å². The van der Waals surface area contributed by atoms with E-state index in [2.05, 4.69) is 59.2 Å². The molecule has 1 N–H and O–H groups in total. The van der Waals surface area contributed by atoms with Crippen molar-refractivity contribution in [2.45, 2.75) is 13.3 Å². The van der Waals surface area contributed by atoms with Gasteiger partial charge in [0.15, 0.2) is 0 Å². The highest BCUT2D eigenvalue weighted by atomic mass is 16.5. The van der Waals surface area contributed by atoms with E-state index in [9.17, 15) is 0 Å². The van der Waals surface area contributed by atoms with Crippen molar-refractivity contribution in [1.82, 2.24) is 9.88 Å². The van der Waals surface area contributed by atoms with Gasteiger partial charge in [-0.15, -0.1) is 0 Å². The number of pyridine rings is 1. The maximum Gasteiger partial charge on any atom is 0.137 e. The average molecular weight is 392 g/mol. The first-order valence-electron chi connectivity index (χ1n) is 10.5. The number of aromatic nitrogens is 1. The number of hydrogen-bond acceptors (Lipinski definition) is 5. The third-order valence-electron chi connectivity index (χ3n) is 5.56. The Balaban J connectivity index is 1.63. The van der Waals surface area contributed by atoms with Crippen molar-refractivity contribution >= 4 is 16.6 Å². The minimum absolute atomic E-state index is 0.147. The number of aliphatic hydroxyl groups is 1. The van der Waals surface area contributed by atoms with Gasteiger partial charge < -0.3 is 19.6 Å². The molecule has 4 rings (SSSR count). The zero-order valence-corrected chi connectivity index (χ0v) is 17.1. The van der Waals surface area contributed by atoms with Gasteiger partial charge in [-0.1, -0.05) is 31.2 Å². The van der Waals surface area contributed by atoms with Crippen LogP contribution >= 0.6 is 0 Å². The molecule has 2 aromatic carbocycles. The maximum absolute atomic E-state index is 8.89. The van der Waals surface area contributed by atoms with Crippen molar-refractivity contribution in [3.05, 3.63) is 54.6 Å².